The average Bonchev–Trinajstić information content (AvgIpc) is 3.58. The third-order valence-electron chi connectivity index (χ3n) is 9.75. The van der Waals surface area contributed by atoms with Crippen molar-refractivity contribution in [2.45, 2.75) is 88.0 Å². The van der Waals surface area contributed by atoms with Gasteiger partial charge in [-0.1, -0.05) is 121 Å². The number of hydrogen-bond acceptors (Lipinski definition) is 9. The normalized spacial score (nSPS) is 29.8. The van der Waals surface area contributed by atoms with Gasteiger partial charge in [0, 0.05) is 12.3 Å². The Morgan fingerprint density at radius 1 is 0.600 bits per heavy atom. The highest BCUT2D eigenvalue weighted by molar-refractivity contribution is 5.17. The fourth-order valence-corrected chi connectivity index (χ4v) is 7.10. The summed E-state index contributed by atoms with van der Waals surface area (Å²) in [6, 6.07) is 39.8. The highest BCUT2D eigenvalue weighted by Crippen LogP contribution is 2.39. The first kappa shape index (κ1) is 34.9. The molecule has 50 heavy (non-hydrogen) atoms. The second-order valence-corrected chi connectivity index (χ2v) is 13.2. The van der Waals surface area contributed by atoms with E-state index >= 15 is 0 Å². The molecule has 9 heteroatoms. The van der Waals surface area contributed by atoms with Crippen LogP contribution in [0.15, 0.2) is 121 Å². The van der Waals surface area contributed by atoms with Gasteiger partial charge in [0.1, 0.15) is 36.6 Å². The number of hydrogen-bond donors (Lipinski definition) is 2. The maximum absolute atomic E-state index is 12.2. The Morgan fingerprint density at radius 3 is 1.62 bits per heavy atom. The zero-order valence-electron chi connectivity index (χ0n) is 28.0. The van der Waals surface area contributed by atoms with E-state index < -0.39 is 61.0 Å². The number of aliphatic hydroxyl groups excluding tert-OH is 2. The summed E-state index contributed by atoms with van der Waals surface area (Å²) >= 11 is 0. The van der Waals surface area contributed by atoms with Crippen LogP contribution in [0.1, 0.15) is 28.7 Å². The molecule has 3 aliphatic rings. The van der Waals surface area contributed by atoms with Crippen molar-refractivity contribution in [1.29, 1.82) is 0 Å². The second-order valence-electron chi connectivity index (χ2n) is 13.2. The van der Waals surface area contributed by atoms with Gasteiger partial charge in [0.2, 0.25) is 0 Å². The van der Waals surface area contributed by atoms with E-state index in [0.29, 0.717) is 26.2 Å². The molecule has 4 aromatic carbocycles. The lowest BCUT2D eigenvalue weighted by Crippen LogP contribution is -2.65. The molecule has 0 unspecified atom stereocenters. The van der Waals surface area contributed by atoms with Gasteiger partial charge in [-0.2, -0.15) is 0 Å². The summed E-state index contributed by atoms with van der Waals surface area (Å²) in [7, 11) is 0. The van der Waals surface area contributed by atoms with E-state index in [4.69, 9.17) is 33.2 Å². The van der Waals surface area contributed by atoms with Crippen molar-refractivity contribution in [2.75, 3.05) is 13.2 Å². The van der Waals surface area contributed by atoms with Crippen LogP contribution in [-0.4, -0.2) is 78.5 Å². The van der Waals surface area contributed by atoms with Gasteiger partial charge in [0.25, 0.3) is 0 Å². The van der Waals surface area contributed by atoms with E-state index in [1.807, 2.05) is 121 Å². The molecule has 2 bridgehead atoms. The summed E-state index contributed by atoms with van der Waals surface area (Å²) in [5, 5.41) is 23.5. The maximum atomic E-state index is 12.2. The summed E-state index contributed by atoms with van der Waals surface area (Å²) < 4.78 is 44.9. The number of rotatable bonds is 15. The second kappa shape index (κ2) is 17.2. The van der Waals surface area contributed by atoms with Crippen molar-refractivity contribution in [1.82, 2.24) is 0 Å². The van der Waals surface area contributed by atoms with Gasteiger partial charge < -0.3 is 43.4 Å². The Labute approximate surface area is 293 Å². The van der Waals surface area contributed by atoms with Crippen LogP contribution in [0.5, 0.6) is 0 Å². The van der Waals surface area contributed by atoms with Crippen LogP contribution in [0.4, 0.5) is 0 Å². The SMILES string of the molecule is O[C@H]([C@@H]1C[C@@H]2OC[C@@H](O2)[C@@H]1O)[C@@H]1O[C@H](COCc2ccccc2)[C@H](OCc2ccccc2)[C@H](OCc2ccccc2)[C@H]1OCc1ccccc1. The van der Waals surface area contributed by atoms with Crippen molar-refractivity contribution in [3.63, 3.8) is 0 Å². The molecule has 10 atom stereocenters. The van der Waals surface area contributed by atoms with Gasteiger partial charge in [-0.25, -0.2) is 0 Å². The van der Waals surface area contributed by atoms with Crippen molar-refractivity contribution >= 4 is 0 Å². The smallest absolute Gasteiger partial charge is 0.158 e. The van der Waals surface area contributed by atoms with Gasteiger partial charge >= 0.3 is 0 Å². The Bertz CT molecular complexity index is 1560. The third kappa shape index (κ3) is 8.69. The van der Waals surface area contributed by atoms with Crippen LogP contribution >= 0.6 is 0 Å². The molecule has 0 saturated carbocycles. The van der Waals surface area contributed by atoms with Crippen LogP contribution in [0.2, 0.25) is 0 Å². The van der Waals surface area contributed by atoms with Crippen molar-refractivity contribution < 1.29 is 43.4 Å². The Morgan fingerprint density at radius 2 is 1.08 bits per heavy atom. The van der Waals surface area contributed by atoms with Gasteiger partial charge in [-0.3, -0.25) is 0 Å². The molecule has 0 spiro atoms. The molecule has 9 nitrogen and oxygen atoms in total. The molecule has 2 N–H and O–H groups in total. The maximum Gasteiger partial charge on any atom is 0.158 e. The van der Waals surface area contributed by atoms with E-state index in [-0.39, 0.29) is 19.8 Å². The number of aliphatic hydroxyl groups is 2. The lowest BCUT2D eigenvalue weighted by atomic mass is 9.81. The molecule has 3 heterocycles. The van der Waals surface area contributed by atoms with Gasteiger partial charge in [0.15, 0.2) is 6.29 Å². The van der Waals surface area contributed by atoms with Crippen LogP contribution in [-0.2, 0) is 59.6 Å². The minimum absolute atomic E-state index is 0.179. The highest BCUT2D eigenvalue weighted by atomic mass is 16.7. The quantitative estimate of drug-likeness (QED) is 0.175. The number of ether oxygens (including phenoxy) is 7. The van der Waals surface area contributed by atoms with Crippen molar-refractivity contribution in [3.8, 4) is 0 Å². The van der Waals surface area contributed by atoms with E-state index in [9.17, 15) is 10.2 Å². The van der Waals surface area contributed by atoms with Crippen LogP contribution in [0.3, 0.4) is 0 Å². The standard InChI is InChI=1S/C41H46O9/c42-36-32(21-35-45-27-33(36)49-35)37(43)39-41(48-25-31-19-11-4-12-20-31)40(47-24-30-17-9-3-10-18-30)38(46-23-29-15-7-2-8-16-29)34(50-39)26-44-22-28-13-5-1-6-14-28/h1-20,32-43H,21-27H2/t32-,33-,34-,35-,36-,37-,38+,39+,40+,41+/m1/s1. The van der Waals surface area contributed by atoms with Crippen LogP contribution < -0.4 is 0 Å². The van der Waals surface area contributed by atoms with Gasteiger partial charge in [0.05, 0.1) is 51.8 Å². The molecule has 3 aliphatic heterocycles. The van der Waals surface area contributed by atoms with Crippen LogP contribution in [0.25, 0.3) is 0 Å². The highest BCUT2D eigenvalue weighted by Gasteiger charge is 2.55. The minimum atomic E-state index is -1.13. The van der Waals surface area contributed by atoms with E-state index in [0.717, 1.165) is 22.3 Å². The molecule has 0 amide bonds. The van der Waals surface area contributed by atoms with Crippen molar-refractivity contribution in [2.24, 2.45) is 5.92 Å². The zero-order chi connectivity index (χ0) is 34.1. The summed E-state index contributed by atoms with van der Waals surface area (Å²) in [6.07, 6.45) is -6.35. The minimum Gasteiger partial charge on any atom is -0.390 e. The average molecular weight is 683 g/mol. The first-order chi connectivity index (χ1) is 24.6. The Balaban J connectivity index is 1.22. The Kier molecular flexibility index (Phi) is 12.0. The topological polar surface area (TPSA) is 105 Å². The molecule has 4 aromatic rings. The van der Waals surface area contributed by atoms with Gasteiger partial charge in [-0.15, -0.1) is 0 Å². The lowest BCUT2D eigenvalue weighted by Gasteiger charge is -2.49. The third-order valence-corrected chi connectivity index (χ3v) is 9.75. The predicted octanol–water partition coefficient (Wildman–Crippen LogP) is 5.21. The first-order valence-electron chi connectivity index (χ1n) is 17.5. The van der Waals surface area contributed by atoms with E-state index in [2.05, 4.69) is 0 Å². The molecule has 7 rings (SSSR count). The molecule has 0 aromatic heterocycles. The number of fused-ring (bicyclic) bond motifs is 2. The zero-order valence-corrected chi connectivity index (χ0v) is 28.0. The van der Waals surface area contributed by atoms with E-state index in [1.54, 1.807) is 0 Å². The monoisotopic (exact) mass is 682 g/mol. The fourth-order valence-electron chi connectivity index (χ4n) is 7.10. The molecule has 0 radical (unpaired) electrons. The summed E-state index contributed by atoms with van der Waals surface area (Å²) in [5.74, 6) is -0.573. The van der Waals surface area contributed by atoms with E-state index in [1.165, 1.54) is 0 Å². The molecular weight excluding hydrogens is 636 g/mol. The molecular formula is C41H46O9. The molecule has 3 saturated heterocycles. The first-order valence-corrected chi connectivity index (χ1v) is 17.5. The Hall–Kier alpha value is -3.48. The lowest BCUT2D eigenvalue weighted by molar-refractivity contribution is -0.296. The summed E-state index contributed by atoms with van der Waals surface area (Å²) in [6.45, 7) is 1.70. The van der Waals surface area contributed by atoms with Crippen LogP contribution in [0, 0.1) is 5.92 Å². The fraction of sp³-hybridized carbons (Fsp3) is 0.415. The number of benzene rings is 4. The predicted molar refractivity (Wildman–Crippen MR) is 185 cm³/mol. The molecule has 264 valence electrons. The molecule has 3 fully saturated rings. The van der Waals surface area contributed by atoms with Gasteiger partial charge in [-0.05, 0) is 22.3 Å². The summed E-state index contributed by atoms with van der Waals surface area (Å²) in [5.41, 5.74) is 3.99. The molecule has 0 aliphatic carbocycles. The van der Waals surface area contributed by atoms with Crippen molar-refractivity contribution in [3.05, 3.63) is 144 Å². The summed E-state index contributed by atoms with van der Waals surface area (Å²) in [4.78, 5) is 0. The largest absolute Gasteiger partial charge is 0.390 e.